The lowest BCUT2D eigenvalue weighted by Crippen LogP contribution is -2.62. The highest BCUT2D eigenvalue weighted by Crippen LogP contribution is 2.40. The zero-order valence-electron chi connectivity index (χ0n) is 17.0. The summed E-state index contributed by atoms with van der Waals surface area (Å²) in [5, 5.41) is 0. The van der Waals surface area contributed by atoms with Gasteiger partial charge in [-0.1, -0.05) is 18.2 Å². The maximum absolute atomic E-state index is 15.6. The summed E-state index contributed by atoms with van der Waals surface area (Å²) >= 11 is 0. The summed E-state index contributed by atoms with van der Waals surface area (Å²) in [4.78, 5) is 18.6. The lowest BCUT2D eigenvalue weighted by atomic mass is 9.94. The van der Waals surface area contributed by atoms with Gasteiger partial charge in [-0.3, -0.25) is 4.79 Å². The maximum Gasteiger partial charge on any atom is 0.245 e. The molecule has 0 amide bonds. The molecule has 0 saturated carbocycles. The number of ether oxygens (including phenoxy) is 1. The smallest absolute Gasteiger partial charge is 0.245 e. The normalized spacial score (nSPS) is 26.9. The van der Waals surface area contributed by atoms with Gasteiger partial charge in [-0.25, -0.2) is 17.8 Å². The Labute approximate surface area is 180 Å². The number of halogens is 1. The molecule has 2 fully saturated rings. The van der Waals surface area contributed by atoms with Gasteiger partial charge in [0.25, 0.3) is 0 Å². The number of carbonyl (C=O) groups is 1. The number of rotatable bonds is 3. The topological polar surface area (TPSA) is 79.8 Å². The average Bonchev–Trinajstić information content (AvgIpc) is 3.22. The van der Waals surface area contributed by atoms with Crippen LogP contribution in [0, 0.1) is 0 Å². The number of hydrogen-bond acceptors (Lipinski definition) is 6. The van der Waals surface area contributed by atoms with E-state index in [1.54, 1.807) is 30.3 Å². The van der Waals surface area contributed by atoms with Crippen LogP contribution in [-0.4, -0.2) is 61.6 Å². The molecule has 7 nitrogen and oxygen atoms in total. The third-order valence-corrected chi connectivity index (χ3v) is 8.35. The number of alkyl halides is 1. The number of anilines is 1. The van der Waals surface area contributed by atoms with Gasteiger partial charge in [0, 0.05) is 31.5 Å². The van der Waals surface area contributed by atoms with E-state index in [1.807, 2.05) is 4.90 Å². The zero-order chi connectivity index (χ0) is 21.6. The molecule has 2 aromatic rings. The molecule has 5 rings (SSSR count). The van der Waals surface area contributed by atoms with Gasteiger partial charge in [-0.15, -0.1) is 0 Å². The second-order valence-corrected chi connectivity index (χ2v) is 10.0. The third-order valence-electron chi connectivity index (χ3n) is 6.41. The van der Waals surface area contributed by atoms with Gasteiger partial charge >= 0.3 is 0 Å². The molecule has 0 unspecified atom stereocenters. The first-order valence-corrected chi connectivity index (χ1v) is 12.0. The van der Waals surface area contributed by atoms with Crippen LogP contribution in [0.15, 0.2) is 47.4 Å². The van der Waals surface area contributed by atoms with Crippen molar-refractivity contribution in [2.45, 2.75) is 42.5 Å². The van der Waals surface area contributed by atoms with Crippen molar-refractivity contribution in [3.63, 3.8) is 0 Å². The van der Waals surface area contributed by atoms with E-state index in [0.717, 1.165) is 18.5 Å². The Morgan fingerprint density at radius 2 is 1.90 bits per heavy atom. The van der Waals surface area contributed by atoms with Crippen molar-refractivity contribution in [3.05, 3.63) is 53.7 Å². The molecule has 164 valence electrons. The van der Waals surface area contributed by atoms with Crippen LogP contribution in [0.2, 0.25) is 0 Å². The minimum atomic E-state index is -3.88. The van der Waals surface area contributed by atoms with E-state index in [-0.39, 0.29) is 36.8 Å². The predicted octanol–water partition coefficient (Wildman–Crippen LogP) is 2.57. The molecule has 0 radical (unpaired) electrons. The van der Waals surface area contributed by atoms with E-state index in [4.69, 9.17) is 4.74 Å². The van der Waals surface area contributed by atoms with E-state index in [0.29, 0.717) is 24.3 Å². The van der Waals surface area contributed by atoms with Crippen molar-refractivity contribution in [3.8, 4) is 0 Å². The Kier molecular flexibility index (Phi) is 5.07. The fourth-order valence-corrected chi connectivity index (χ4v) is 6.54. The zero-order valence-corrected chi connectivity index (χ0v) is 17.9. The first kappa shape index (κ1) is 20.5. The number of fused-ring (bicyclic) bond motifs is 1. The molecule has 1 aliphatic carbocycles. The van der Waals surface area contributed by atoms with Gasteiger partial charge in [0.05, 0.1) is 23.7 Å². The molecule has 2 aliphatic heterocycles. The number of aryl methyl sites for hydroxylation is 1. The summed E-state index contributed by atoms with van der Waals surface area (Å²) in [6.45, 7) is 0.657. The van der Waals surface area contributed by atoms with Crippen LogP contribution in [-0.2, 0) is 21.2 Å². The summed E-state index contributed by atoms with van der Waals surface area (Å²) in [6.07, 6.45) is 0.699. The van der Waals surface area contributed by atoms with Crippen molar-refractivity contribution < 1.29 is 22.3 Å². The molecule has 0 bridgehead atoms. The summed E-state index contributed by atoms with van der Waals surface area (Å²) in [5.41, 5.74) is -0.0932. The van der Waals surface area contributed by atoms with Crippen molar-refractivity contribution in [2.75, 3.05) is 31.1 Å². The number of nitrogens with zero attached hydrogens (tertiary/aromatic N) is 3. The van der Waals surface area contributed by atoms with Gasteiger partial charge in [-0.05, 0) is 37.1 Å². The van der Waals surface area contributed by atoms with Crippen LogP contribution in [0.5, 0.6) is 0 Å². The highest BCUT2D eigenvalue weighted by molar-refractivity contribution is 7.89. The first-order chi connectivity index (χ1) is 14.9. The Morgan fingerprint density at radius 1 is 1.10 bits per heavy atom. The van der Waals surface area contributed by atoms with Crippen LogP contribution in [0.25, 0.3) is 0 Å². The van der Waals surface area contributed by atoms with Crippen LogP contribution in [0.3, 0.4) is 0 Å². The van der Waals surface area contributed by atoms with Crippen LogP contribution < -0.4 is 4.90 Å². The maximum atomic E-state index is 15.6. The molecule has 2 atom stereocenters. The fraction of sp³-hybridized carbons (Fsp3) is 0.455. The van der Waals surface area contributed by atoms with Crippen molar-refractivity contribution >= 4 is 21.6 Å². The summed E-state index contributed by atoms with van der Waals surface area (Å²) in [6, 6.07) is 11.6. The Bertz CT molecular complexity index is 1110. The molecule has 2 saturated heterocycles. The number of pyridine rings is 1. The van der Waals surface area contributed by atoms with Gasteiger partial charge in [0.1, 0.15) is 5.82 Å². The van der Waals surface area contributed by atoms with Crippen LogP contribution >= 0.6 is 0 Å². The number of ketones is 1. The summed E-state index contributed by atoms with van der Waals surface area (Å²) < 4.78 is 49.0. The molecule has 31 heavy (non-hydrogen) atoms. The number of aromatic nitrogens is 1. The molecular weight excluding hydrogens is 421 g/mol. The molecule has 1 aromatic carbocycles. The largest absolute Gasteiger partial charge is 0.355 e. The van der Waals surface area contributed by atoms with E-state index in [2.05, 4.69) is 4.98 Å². The van der Waals surface area contributed by atoms with E-state index >= 15 is 4.39 Å². The number of Topliss-reactive ketones (excluding diaryl/α,β-unsaturated/α-hetero) is 1. The van der Waals surface area contributed by atoms with Crippen molar-refractivity contribution in [2.24, 2.45) is 0 Å². The molecular formula is C22H24FN3O4S. The average molecular weight is 446 g/mol. The number of benzene rings is 1. The molecule has 1 spiro atoms. The quantitative estimate of drug-likeness (QED) is 0.723. The van der Waals surface area contributed by atoms with E-state index in [1.165, 1.54) is 16.4 Å². The molecule has 3 aliphatic rings. The second kappa shape index (κ2) is 7.65. The lowest BCUT2D eigenvalue weighted by Gasteiger charge is -2.45. The fourth-order valence-electron chi connectivity index (χ4n) is 4.80. The van der Waals surface area contributed by atoms with Crippen LogP contribution in [0.4, 0.5) is 10.2 Å². The Balaban J connectivity index is 1.40. The van der Waals surface area contributed by atoms with Crippen molar-refractivity contribution in [1.82, 2.24) is 9.29 Å². The van der Waals surface area contributed by atoms with Gasteiger partial charge in [-0.2, -0.15) is 4.31 Å². The highest BCUT2D eigenvalue weighted by Gasteiger charge is 2.57. The lowest BCUT2D eigenvalue weighted by molar-refractivity contribution is -0.116. The van der Waals surface area contributed by atoms with E-state index < -0.39 is 21.9 Å². The Hall–Kier alpha value is -2.36. The molecule has 3 heterocycles. The third kappa shape index (κ3) is 3.35. The van der Waals surface area contributed by atoms with E-state index in [9.17, 15) is 13.2 Å². The predicted molar refractivity (Wildman–Crippen MR) is 112 cm³/mol. The van der Waals surface area contributed by atoms with Crippen LogP contribution in [0.1, 0.15) is 35.3 Å². The number of carbonyl (C=O) groups excluding carboxylic acids is 1. The SMILES string of the molecule is O=C1CCCc2nc(N3CC[C@@]4(OCCN4S(=O)(=O)c4ccccc4)[C@H](F)C3)ccc21. The molecule has 9 heteroatoms. The molecule has 1 aromatic heterocycles. The number of hydrogen-bond donors (Lipinski definition) is 0. The minimum Gasteiger partial charge on any atom is -0.355 e. The monoisotopic (exact) mass is 445 g/mol. The van der Waals surface area contributed by atoms with Gasteiger partial charge in [0.15, 0.2) is 17.7 Å². The highest BCUT2D eigenvalue weighted by atomic mass is 32.2. The number of sulfonamides is 1. The number of piperidine rings is 1. The Morgan fingerprint density at radius 3 is 2.68 bits per heavy atom. The van der Waals surface area contributed by atoms with Gasteiger partial charge in [0.2, 0.25) is 10.0 Å². The second-order valence-electron chi connectivity index (χ2n) is 8.19. The standard InChI is InChI=1S/C22H24FN3O4S/c23-20-15-25(21-10-9-17-18(24-21)7-4-8-19(17)27)12-11-22(20)26(13-14-30-22)31(28,29)16-5-2-1-3-6-16/h1-3,5-6,9-10,20H,4,7-8,11-15H2/t20-,22-/m1/s1. The minimum absolute atomic E-state index is 0.0272. The summed E-state index contributed by atoms with van der Waals surface area (Å²) in [5.74, 6) is 0.712. The first-order valence-electron chi connectivity index (χ1n) is 10.6. The van der Waals surface area contributed by atoms with Crippen molar-refractivity contribution in [1.29, 1.82) is 0 Å². The van der Waals surface area contributed by atoms with Gasteiger partial charge < -0.3 is 9.64 Å². The summed E-state index contributed by atoms with van der Waals surface area (Å²) in [7, 11) is -3.88. The molecule has 0 N–H and O–H groups in total.